The minimum Gasteiger partial charge on any atom is -0.384 e. The SMILES string of the molecule is CC.c1ccc2c(c1)NCC21CCNCC1. The standard InChI is InChI=1S/C12H16N2.C2H6/c1-2-4-11-10(3-1)12(9-14-11)5-7-13-8-6-12;1-2/h1-4,13-14H,5-9H2;1-2H3. The van der Waals surface area contributed by atoms with E-state index >= 15 is 0 Å². The summed E-state index contributed by atoms with van der Waals surface area (Å²) >= 11 is 0. The molecule has 1 spiro atoms. The fraction of sp³-hybridized carbons (Fsp3) is 0.571. The van der Waals surface area contributed by atoms with Gasteiger partial charge in [0.05, 0.1) is 0 Å². The molecule has 2 nitrogen and oxygen atoms in total. The summed E-state index contributed by atoms with van der Waals surface area (Å²) in [4.78, 5) is 0. The van der Waals surface area contributed by atoms with E-state index in [1.165, 1.54) is 18.5 Å². The summed E-state index contributed by atoms with van der Waals surface area (Å²) in [7, 11) is 0. The van der Waals surface area contributed by atoms with Crippen LogP contribution in [0.3, 0.4) is 0 Å². The quantitative estimate of drug-likeness (QED) is 0.699. The molecule has 2 heterocycles. The molecule has 0 radical (unpaired) electrons. The number of para-hydroxylation sites is 1. The van der Waals surface area contributed by atoms with Crippen molar-refractivity contribution in [1.29, 1.82) is 0 Å². The second kappa shape index (κ2) is 4.88. The normalized spacial score (nSPS) is 20.6. The maximum absolute atomic E-state index is 3.53. The first-order valence-corrected chi connectivity index (χ1v) is 6.45. The Morgan fingerprint density at radius 3 is 2.50 bits per heavy atom. The zero-order valence-electron chi connectivity index (χ0n) is 10.3. The van der Waals surface area contributed by atoms with Gasteiger partial charge in [-0.3, -0.25) is 0 Å². The van der Waals surface area contributed by atoms with Crippen molar-refractivity contribution in [3.63, 3.8) is 0 Å². The number of rotatable bonds is 0. The monoisotopic (exact) mass is 218 g/mol. The minimum atomic E-state index is 0.432. The molecule has 0 atom stereocenters. The number of anilines is 1. The maximum atomic E-state index is 3.53. The van der Waals surface area contributed by atoms with Crippen molar-refractivity contribution in [2.75, 3.05) is 25.0 Å². The molecule has 0 bridgehead atoms. The molecule has 0 unspecified atom stereocenters. The topological polar surface area (TPSA) is 24.1 Å². The van der Waals surface area contributed by atoms with Crippen LogP contribution in [-0.2, 0) is 5.41 Å². The molecule has 16 heavy (non-hydrogen) atoms. The van der Waals surface area contributed by atoms with Crippen molar-refractivity contribution in [1.82, 2.24) is 5.32 Å². The third-order valence-electron chi connectivity index (χ3n) is 3.68. The summed E-state index contributed by atoms with van der Waals surface area (Å²) in [6.45, 7) is 7.46. The molecule has 88 valence electrons. The van der Waals surface area contributed by atoms with Crippen molar-refractivity contribution >= 4 is 5.69 Å². The Labute approximate surface area is 98.4 Å². The lowest BCUT2D eigenvalue weighted by atomic mass is 9.75. The highest BCUT2D eigenvalue weighted by atomic mass is 15.0. The van der Waals surface area contributed by atoms with E-state index in [-0.39, 0.29) is 0 Å². The summed E-state index contributed by atoms with van der Waals surface area (Å²) in [6.07, 6.45) is 2.55. The zero-order valence-corrected chi connectivity index (χ0v) is 10.3. The lowest BCUT2D eigenvalue weighted by Crippen LogP contribution is -2.41. The van der Waals surface area contributed by atoms with E-state index in [0.29, 0.717) is 5.41 Å². The molecule has 1 aromatic carbocycles. The molecule has 1 aromatic rings. The van der Waals surface area contributed by atoms with Crippen molar-refractivity contribution in [2.45, 2.75) is 32.1 Å². The van der Waals surface area contributed by atoms with Gasteiger partial charge in [-0.2, -0.15) is 0 Å². The molecule has 0 saturated carbocycles. The van der Waals surface area contributed by atoms with Crippen molar-refractivity contribution in [3.05, 3.63) is 29.8 Å². The van der Waals surface area contributed by atoms with Crippen LogP contribution < -0.4 is 10.6 Å². The minimum absolute atomic E-state index is 0.432. The van der Waals surface area contributed by atoms with Gasteiger partial charge >= 0.3 is 0 Å². The third-order valence-corrected chi connectivity index (χ3v) is 3.68. The van der Waals surface area contributed by atoms with Crippen LogP contribution >= 0.6 is 0 Å². The third kappa shape index (κ3) is 1.82. The molecule has 0 aromatic heterocycles. The fourth-order valence-corrected chi connectivity index (χ4v) is 2.81. The second-order valence-corrected chi connectivity index (χ2v) is 4.43. The highest BCUT2D eigenvalue weighted by Crippen LogP contribution is 2.42. The highest BCUT2D eigenvalue weighted by Gasteiger charge is 2.39. The molecule has 0 amide bonds. The average Bonchev–Trinajstić information content (AvgIpc) is 2.73. The van der Waals surface area contributed by atoms with E-state index in [4.69, 9.17) is 0 Å². The summed E-state index contributed by atoms with van der Waals surface area (Å²) < 4.78 is 0. The average molecular weight is 218 g/mol. The molecule has 2 heteroatoms. The van der Waals surface area contributed by atoms with E-state index in [2.05, 4.69) is 34.9 Å². The Kier molecular flexibility index (Phi) is 3.49. The van der Waals surface area contributed by atoms with Crippen LogP contribution in [0, 0.1) is 0 Å². The number of nitrogens with one attached hydrogen (secondary N) is 2. The highest BCUT2D eigenvalue weighted by molar-refractivity contribution is 5.60. The van der Waals surface area contributed by atoms with Gasteiger partial charge in [0, 0.05) is 17.6 Å². The lowest BCUT2D eigenvalue weighted by molar-refractivity contribution is 0.335. The Morgan fingerprint density at radius 1 is 1.06 bits per heavy atom. The Balaban J connectivity index is 0.000000457. The van der Waals surface area contributed by atoms with E-state index in [9.17, 15) is 0 Å². The van der Waals surface area contributed by atoms with Crippen molar-refractivity contribution in [2.24, 2.45) is 0 Å². The van der Waals surface area contributed by atoms with Gasteiger partial charge in [-0.15, -0.1) is 0 Å². The number of benzene rings is 1. The van der Waals surface area contributed by atoms with Gasteiger partial charge in [0.2, 0.25) is 0 Å². The second-order valence-electron chi connectivity index (χ2n) is 4.43. The molecule has 2 N–H and O–H groups in total. The van der Waals surface area contributed by atoms with E-state index in [1.54, 1.807) is 5.56 Å². The van der Waals surface area contributed by atoms with Crippen LogP contribution in [-0.4, -0.2) is 19.6 Å². The molecule has 1 fully saturated rings. The first kappa shape index (κ1) is 11.5. The van der Waals surface area contributed by atoms with Crippen molar-refractivity contribution in [3.8, 4) is 0 Å². The van der Waals surface area contributed by atoms with Gasteiger partial charge < -0.3 is 10.6 Å². The summed E-state index contributed by atoms with van der Waals surface area (Å²) in [5.74, 6) is 0. The molecular weight excluding hydrogens is 196 g/mol. The van der Waals surface area contributed by atoms with Crippen LogP contribution in [0.15, 0.2) is 24.3 Å². The Bertz CT molecular complexity index is 335. The van der Waals surface area contributed by atoms with Gasteiger partial charge in [0.15, 0.2) is 0 Å². The number of hydrogen-bond donors (Lipinski definition) is 2. The maximum Gasteiger partial charge on any atom is 0.0379 e. The number of piperidine rings is 1. The predicted octanol–water partition coefficient (Wildman–Crippen LogP) is 2.76. The van der Waals surface area contributed by atoms with Crippen LogP contribution in [0.25, 0.3) is 0 Å². The largest absolute Gasteiger partial charge is 0.384 e. The predicted molar refractivity (Wildman–Crippen MR) is 70.1 cm³/mol. The van der Waals surface area contributed by atoms with Crippen molar-refractivity contribution < 1.29 is 0 Å². The summed E-state index contributed by atoms with van der Waals surface area (Å²) in [6, 6.07) is 8.77. The van der Waals surface area contributed by atoms with E-state index in [1.807, 2.05) is 13.8 Å². The molecule has 1 saturated heterocycles. The Morgan fingerprint density at radius 2 is 1.75 bits per heavy atom. The van der Waals surface area contributed by atoms with Crippen LogP contribution in [0.4, 0.5) is 5.69 Å². The summed E-state index contributed by atoms with van der Waals surface area (Å²) in [5.41, 5.74) is 3.33. The van der Waals surface area contributed by atoms with Crippen LogP contribution in [0.2, 0.25) is 0 Å². The summed E-state index contributed by atoms with van der Waals surface area (Å²) in [5, 5.41) is 6.97. The Hall–Kier alpha value is -1.02. The molecule has 0 aliphatic carbocycles. The van der Waals surface area contributed by atoms with Gasteiger partial charge in [-0.25, -0.2) is 0 Å². The number of fused-ring (bicyclic) bond motifs is 2. The van der Waals surface area contributed by atoms with Gasteiger partial charge in [0.1, 0.15) is 0 Å². The van der Waals surface area contributed by atoms with E-state index < -0.39 is 0 Å². The smallest absolute Gasteiger partial charge is 0.0379 e. The van der Waals surface area contributed by atoms with Crippen LogP contribution in [0.5, 0.6) is 0 Å². The molecular formula is C14H22N2. The molecule has 3 rings (SSSR count). The molecule has 2 aliphatic rings. The zero-order chi connectivity index (χ0) is 11.4. The van der Waals surface area contributed by atoms with Gasteiger partial charge in [-0.05, 0) is 37.6 Å². The first-order valence-electron chi connectivity index (χ1n) is 6.45. The van der Waals surface area contributed by atoms with Crippen LogP contribution in [0.1, 0.15) is 32.3 Å². The molecule has 2 aliphatic heterocycles. The van der Waals surface area contributed by atoms with Gasteiger partial charge in [0.25, 0.3) is 0 Å². The van der Waals surface area contributed by atoms with Gasteiger partial charge in [-0.1, -0.05) is 32.0 Å². The van der Waals surface area contributed by atoms with E-state index in [0.717, 1.165) is 19.6 Å². The first-order chi connectivity index (χ1) is 7.91. The lowest BCUT2D eigenvalue weighted by Gasteiger charge is -2.33. The fourth-order valence-electron chi connectivity index (χ4n) is 2.81. The number of hydrogen-bond acceptors (Lipinski definition) is 2.